The summed E-state index contributed by atoms with van der Waals surface area (Å²) in [7, 11) is -1.68. The van der Waals surface area contributed by atoms with E-state index in [2.05, 4.69) is 53.8 Å². The minimum absolute atomic E-state index is 0.00756. The molecule has 0 aliphatic carbocycles. The zero-order valence-corrected chi connectivity index (χ0v) is 24.1. The Morgan fingerprint density at radius 3 is 2.48 bits per heavy atom. The molecule has 5 heteroatoms. The SMILES string of the molecule is CC(=O)C(C)C=C(C)CC[C@@H]1CCC[C@]2(CCC(C)[C@@H](CCCO[Si](C)(C)C(C)(C)C)O2)O1. The summed E-state index contributed by atoms with van der Waals surface area (Å²) >= 11 is 0. The van der Waals surface area contributed by atoms with E-state index >= 15 is 0 Å². The van der Waals surface area contributed by atoms with E-state index in [4.69, 9.17) is 13.9 Å². The maximum atomic E-state index is 11.5. The Hall–Kier alpha value is -0.493. The lowest BCUT2D eigenvalue weighted by atomic mass is 9.85. The van der Waals surface area contributed by atoms with Crippen LogP contribution in [0.1, 0.15) is 106 Å². The molecule has 4 nitrogen and oxygen atoms in total. The van der Waals surface area contributed by atoms with Crippen LogP contribution in [0.15, 0.2) is 11.6 Å². The summed E-state index contributed by atoms with van der Waals surface area (Å²) in [6, 6.07) is 0. The van der Waals surface area contributed by atoms with Crippen LogP contribution < -0.4 is 0 Å². The van der Waals surface area contributed by atoms with Crippen molar-refractivity contribution in [3.05, 3.63) is 11.6 Å². The monoisotopic (exact) mass is 480 g/mol. The molecule has 0 N–H and O–H groups in total. The number of carbonyl (C=O) groups excluding carboxylic acids is 1. The molecule has 2 aliphatic rings. The highest BCUT2D eigenvalue weighted by Crippen LogP contribution is 2.43. The van der Waals surface area contributed by atoms with Crippen molar-refractivity contribution >= 4 is 14.1 Å². The number of rotatable bonds is 10. The van der Waals surface area contributed by atoms with Gasteiger partial charge in [-0.3, -0.25) is 4.79 Å². The number of ether oxygens (including phenoxy) is 2. The molecule has 2 aliphatic heterocycles. The Kier molecular flexibility index (Phi) is 10.4. The van der Waals surface area contributed by atoms with Gasteiger partial charge < -0.3 is 13.9 Å². The van der Waals surface area contributed by atoms with Crippen LogP contribution in [0.4, 0.5) is 0 Å². The van der Waals surface area contributed by atoms with Gasteiger partial charge in [0.25, 0.3) is 0 Å². The molecule has 0 amide bonds. The van der Waals surface area contributed by atoms with Gasteiger partial charge in [-0.15, -0.1) is 0 Å². The van der Waals surface area contributed by atoms with Crippen LogP contribution in [0.3, 0.4) is 0 Å². The van der Waals surface area contributed by atoms with E-state index in [1.807, 2.05) is 6.92 Å². The van der Waals surface area contributed by atoms with Gasteiger partial charge in [0.1, 0.15) is 5.78 Å². The Morgan fingerprint density at radius 1 is 1.15 bits per heavy atom. The molecule has 1 spiro atoms. The average Bonchev–Trinajstić information content (AvgIpc) is 2.71. The van der Waals surface area contributed by atoms with E-state index < -0.39 is 8.32 Å². The predicted octanol–water partition coefficient (Wildman–Crippen LogP) is 7.82. The van der Waals surface area contributed by atoms with Crippen LogP contribution >= 0.6 is 0 Å². The zero-order valence-electron chi connectivity index (χ0n) is 23.1. The summed E-state index contributed by atoms with van der Waals surface area (Å²) in [6.45, 7) is 20.5. The topological polar surface area (TPSA) is 44.8 Å². The summed E-state index contributed by atoms with van der Waals surface area (Å²) in [4.78, 5) is 11.5. The quantitative estimate of drug-likeness (QED) is 0.182. The minimum Gasteiger partial charge on any atom is -0.417 e. The Bertz CT molecular complexity index is 665. The van der Waals surface area contributed by atoms with Crippen molar-refractivity contribution < 1.29 is 18.7 Å². The largest absolute Gasteiger partial charge is 0.417 e. The third-order valence-corrected chi connectivity index (χ3v) is 12.9. The highest BCUT2D eigenvalue weighted by molar-refractivity contribution is 6.74. The molecular weight excluding hydrogens is 428 g/mol. The van der Waals surface area contributed by atoms with E-state index in [9.17, 15) is 4.79 Å². The highest BCUT2D eigenvalue weighted by Gasteiger charge is 2.44. The first kappa shape index (κ1) is 28.7. The van der Waals surface area contributed by atoms with Crippen LogP contribution in [-0.4, -0.2) is 38.7 Å². The van der Waals surface area contributed by atoms with Crippen molar-refractivity contribution in [2.75, 3.05) is 6.61 Å². The van der Waals surface area contributed by atoms with Gasteiger partial charge in [0.2, 0.25) is 0 Å². The van der Waals surface area contributed by atoms with Crippen molar-refractivity contribution in [2.24, 2.45) is 11.8 Å². The number of allylic oxidation sites excluding steroid dienone is 2. The number of hydrogen-bond donors (Lipinski definition) is 0. The Balaban J connectivity index is 1.85. The summed E-state index contributed by atoms with van der Waals surface area (Å²) in [6.07, 6.45) is 12.2. The molecule has 2 fully saturated rings. The maximum absolute atomic E-state index is 11.5. The second-order valence-electron chi connectivity index (χ2n) is 12.4. The van der Waals surface area contributed by atoms with Crippen molar-refractivity contribution in [3.8, 4) is 0 Å². The summed E-state index contributed by atoms with van der Waals surface area (Å²) in [5.74, 6) is 0.427. The average molecular weight is 481 g/mol. The van der Waals surface area contributed by atoms with Crippen molar-refractivity contribution in [1.29, 1.82) is 0 Å². The molecule has 33 heavy (non-hydrogen) atoms. The van der Waals surface area contributed by atoms with Gasteiger partial charge in [-0.1, -0.05) is 46.3 Å². The fraction of sp³-hybridized carbons (Fsp3) is 0.893. The number of hydrogen-bond acceptors (Lipinski definition) is 4. The molecule has 0 bridgehead atoms. The first-order valence-electron chi connectivity index (χ1n) is 13.4. The lowest BCUT2D eigenvalue weighted by Gasteiger charge is -2.48. The second-order valence-corrected chi connectivity index (χ2v) is 17.2. The maximum Gasteiger partial charge on any atom is 0.191 e. The lowest BCUT2D eigenvalue weighted by molar-refractivity contribution is -0.324. The zero-order chi connectivity index (χ0) is 24.9. The van der Waals surface area contributed by atoms with Gasteiger partial charge >= 0.3 is 0 Å². The molecule has 0 saturated carbocycles. The number of ketones is 1. The molecular formula is C28H52O4Si. The normalized spacial score (nSPS) is 30.5. The third-order valence-electron chi connectivity index (χ3n) is 8.39. The van der Waals surface area contributed by atoms with Crippen LogP contribution in [0.5, 0.6) is 0 Å². The smallest absolute Gasteiger partial charge is 0.191 e. The van der Waals surface area contributed by atoms with E-state index in [-0.39, 0.29) is 34.7 Å². The van der Waals surface area contributed by atoms with Gasteiger partial charge in [0, 0.05) is 25.4 Å². The molecule has 0 aromatic heterocycles. The Labute approximate surface area is 205 Å². The molecule has 2 saturated heterocycles. The van der Waals surface area contributed by atoms with Crippen molar-refractivity contribution in [2.45, 2.75) is 142 Å². The van der Waals surface area contributed by atoms with Gasteiger partial charge in [-0.2, -0.15) is 0 Å². The summed E-state index contributed by atoms with van der Waals surface area (Å²) in [5, 5.41) is 0.258. The first-order valence-corrected chi connectivity index (χ1v) is 16.3. The van der Waals surface area contributed by atoms with E-state index in [1.165, 1.54) is 18.4 Å². The molecule has 5 atom stereocenters. The molecule has 2 rings (SSSR count). The summed E-state index contributed by atoms with van der Waals surface area (Å²) < 4.78 is 19.8. The lowest BCUT2D eigenvalue weighted by Crippen LogP contribution is -2.50. The summed E-state index contributed by atoms with van der Waals surface area (Å²) in [5.41, 5.74) is 1.29. The minimum atomic E-state index is -1.68. The first-order chi connectivity index (χ1) is 15.2. The Morgan fingerprint density at radius 2 is 1.85 bits per heavy atom. The van der Waals surface area contributed by atoms with Crippen molar-refractivity contribution in [3.63, 3.8) is 0 Å². The molecule has 2 unspecified atom stereocenters. The van der Waals surface area contributed by atoms with Gasteiger partial charge in [-0.25, -0.2) is 0 Å². The van der Waals surface area contributed by atoms with Gasteiger partial charge in [-0.05, 0) is 82.8 Å². The predicted molar refractivity (Wildman–Crippen MR) is 140 cm³/mol. The van der Waals surface area contributed by atoms with Crippen LogP contribution in [-0.2, 0) is 18.7 Å². The number of Topliss-reactive ketones (excluding diaryl/α,β-unsaturated/α-hetero) is 1. The van der Waals surface area contributed by atoms with Crippen LogP contribution in [0.25, 0.3) is 0 Å². The fourth-order valence-electron chi connectivity index (χ4n) is 4.77. The van der Waals surface area contributed by atoms with Crippen LogP contribution in [0, 0.1) is 11.8 Å². The van der Waals surface area contributed by atoms with E-state index in [0.29, 0.717) is 5.92 Å². The van der Waals surface area contributed by atoms with Gasteiger partial charge in [0.05, 0.1) is 12.2 Å². The molecule has 2 heterocycles. The van der Waals surface area contributed by atoms with E-state index in [0.717, 1.165) is 51.6 Å². The molecule has 0 aromatic carbocycles. The standard InChI is InChI=1S/C28H52O4Si/c1-21(20-23(3)24(4)29)14-15-25-12-10-17-28(31-25)18-16-22(2)26(32-28)13-11-19-30-33(8,9)27(5,6)7/h20,22-23,25-26H,10-19H2,1-9H3/t22?,23?,25-,26+,28-/m0/s1. The molecule has 0 radical (unpaired) electrons. The highest BCUT2D eigenvalue weighted by atomic mass is 28.4. The van der Waals surface area contributed by atoms with E-state index in [1.54, 1.807) is 6.92 Å². The number of carbonyl (C=O) groups is 1. The van der Waals surface area contributed by atoms with Gasteiger partial charge in [0.15, 0.2) is 14.1 Å². The van der Waals surface area contributed by atoms with Crippen molar-refractivity contribution in [1.82, 2.24) is 0 Å². The second kappa shape index (κ2) is 12.0. The fourth-order valence-corrected chi connectivity index (χ4v) is 5.85. The third kappa shape index (κ3) is 8.59. The molecule has 0 aromatic rings. The van der Waals surface area contributed by atoms with Crippen LogP contribution in [0.2, 0.25) is 18.1 Å². The molecule has 192 valence electrons.